The van der Waals surface area contributed by atoms with Crippen molar-refractivity contribution >= 4 is 22.6 Å². The fraction of sp³-hybridized carbons (Fsp3) is 0.524. The third-order valence-corrected chi connectivity index (χ3v) is 5.95. The second kappa shape index (κ2) is 7.72. The Morgan fingerprint density at radius 3 is 2.85 bits per heavy atom. The van der Waals surface area contributed by atoms with E-state index in [0.717, 1.165) is 60.9 Å². The van der Waals surface area contributed by atoms with Crippen molar-refractivity contribution in [2.24, 2.45) is 5.92 Å². The van der Waals surface area contributed by atoms with Crippen molar-refractivity contribution in [1.29, 1.82) is 0 Å². The number of hydrogen-bond acceptors (Lipinski definition) is 4. The van der Waals surface area contributed by atoms with E-state index in [2.05, 4.69) is 30.3 Å². The number of hydrogen-bond donors (Lipinski definition) is 1. The molecular weight excluding hydrogens is 344 g/mol. The van der Waals surface area contributed by atoms with E-state index in [1.165, 1.54) is 16.0 Å². The SMILES string of the molecule is Cc1c(C2=CCOCC2)ccc2c(CCC3CCN(C(=O)O)CC3)noc12. The minimum Gasteiger partial charge on any atom is -0.465 e. The predicted molar refractivity (Wildman–Crippen MR) is 103 cm³/mol. The third kappa shape index (κ3) is 3.72. The highest BCUT2D eigenvalue weighted by atomic mass is 16.5. The van der Waals surface area contributed by atoms with Crippen LogP contribution < -0.4 is 0 Å². The molecule has 1 fully saturated rings. The number of ether oxygens (including phenoxy) is 1. The summed E-state index contributed by atoms with van der Waals surface area (Å²) in [5.74, 6) is 0.556. The Kier molecular flexibility index (Phi) is 5.16. The zero-order chi connectivity index (χ0) is 18.8. The molecular formula is C21H26N2O4. The maximum Gasteiger partial charge on any atom is 0.407 e. The second-order valence-electron chi connectivity index (χ2n) is 7.55. The molecule has 27 heavy (non-hydrogen) atoms. The topological polar surface area (TPSA) is 75.8 Å². The average Bonchev–Trinajstić information content (AvgIpc) is 3.11. The van der Waals surface area contributed by atoms with Crippen molar-refractivity contribution in [3.8, 4) is 0 Å². The van der Waals surface area contributed by atoms with Crippen LogP contribution in [0.1, 0.15) is 42.5 Å². The van der Waals surface area contributed by atoms with Crippen LogP contribution in [0, 0.1) is 12.8 Å². The smallest absolute Gasteiger partial charge is 0.407 e. The van der Waals surface area contributed by atoms with Gasteiger partial charge >= 0.3 is 6.09 Å². The maximum absolute atomic E-state index is 11.0. The van der Waals surface area contributed by atoms with Crippen molar-refractivity contribution in [3.63, 3.8) is 0 Å². The van der Waals surface area contributed by atoms with E-state index in [9.17, 15) is 4.79 Å². The number of aromatic nitrogens is 1. The molecule has 6 heteroatoms. The fourth-order valence-electron chi connectivity index (χ4n) is 4.24. The molecule has 3 heterocycles. The van der Waals surface area contributed by atoms with Gasteiger partial charge in [0.15, 0.2) is 5.58 Å². The number of aryl methyl sites for hydroxylation is 2. The zero-order valence-electron chi connectivity index (χ0n) is 15.7. The number of carbonyl (C=O) groups is 1. The van der Waals surface area contributed by atoms with Crippen LogP contribution in [0.3, 0.4) is 0 Å². The van der Waals surface area contributed by atoms with Gasteiger partial charge in [0.25, 0.3) is 0 Å². The van der Waals surface area contributed by atoms with Crippen molar-refractivity contribution in [1.82, 2.24) is 10.1 Å². The molecule has 0 aliphatic carbocycles. The van der Waals surface area contributed by atoms with Gasteiger partial charge < -0.3 is 19.3 Å². The highest BCUT2D eigenvalue weighted by Crippen LogP contribution is 2.32. The first-order chi connectivity index (χ1) is 13.1. The van der Waals surface area contributed by atoms with Crippen molar-refractivity contribution < 1.29 is 19.2 Å². The molecule has 4 rings (SSSR count). The number of fused-ring (bicyclic) bond motifs is 1. The summed E-state index contributed by atoms with van der Waals surface area (Å²) in [5, 5.41) is 14.5. The lowest BCUT2D eigenvalue weighted by Crippen LogP contribution is -2.37. The molecule has 0 spiro atoms. The van der Waals surface area contributed by atoms with E-state index in [-0.39, 0.29) is 0 Å². The first kappa shape index (κ1) is 18.0. The standard InChI is InChI=1S/C21H26N2O4/c1-14-17(16-8-12-26-13-9-16)3-4-18-19(22-27-20(14)18)5-2-15-6-10-23(11-7-15)21(24)25/h3-4,8,15H,2,5-7,9-13H2,1H3,(H,24,25). The molecule has 0 unspecified atom stereocenters. The molecule has 0 radical (unpaired) electrons. The molecule has 0 saturated carbocycles. The van der Waals surface area contributed by atoms with Gasteiger partial charge in [-0.1, -0.05) is 17.3 Å². The van der Waals surface area contributed by atoms with E-state index < -0.39 is 6.09 Å². The van der Waals surface area contributed by atoms with Gasteiger partial charge in [-0.3, -0.25) is 0 Å². The lowest BCUT2D eigenvalue weighted by Gasteiger charge is -2.29. The van der Waals surface area contributed by atoms with Gasteiger partial charge in [-0.05, 0) is 62.1 Å². The summed E-state index contributed by atoms with van der Waals surface area (Å²) < 4.78 is 11.1. The van der Waals surface area contributed by atoms with Gasteiger partial charge in [0.1, 0.15) is 0 Å². The molecule has 2 aliphatic rings. The number of likely N-dealkylation sites (tertiary alicyclic amines) is 1. The first-order valence-electron chi connectivity index (χ1n) is 9.76. The summed E-state index contributed by atoms with van der Waals surface area (Å²) in [6, 6.07) is 4.31. The van der Waals surface area contributed by atoms with Gasteiger partial charge in [0.05, 0.1) is 18.9 Å². The van der Waals surface area contributed by atoms with Crippen LogP contribution in [0.15, 0.2) is 22.7 Å². The summed E-state index contributed by atoms with van der Waals surface area (Å²) >= 11 is 0. The van der Waals surface area contributed by atoms with Crippen LogP contribution in [0.5, 0.6) is 0 Å². The molecule has 144 valence electrons. The van der Waals surface area contributed by atoms with Crippen LogP contribution in [0.25, 0.3) is 16.5 Å². The van der Waals surface area contributed by atoms with Gasteiger partial charge in [0.2, 0.25) is 0 Å². The molecule has 6 nitrogen and oxygen atoms in total. The largest absolute Gasteiger partial charge is 0.465 e. The molecule has 1 aromatic carbocycles. The van der Waals surface area contributed by atoms with E-state index in [0.29, 0.717) is 25.6 Å². The summed E-state index contributed by atoms with van der Waals surface area (Å²) in [6.07, 6.45) is 6.05. The number of benzene rings is 1. The molecule has 0 atom stereocenters. The molecule has 2 aliphatic heterocycles. The minimum atomic E-state index is -0.804. The summed E-state index contributed by atoms with van der Waals surface area (Å²) in [5.41, 5.74) is 5.60. The van der Waals surface area contributed by atoms with Crippen molar-refractivity contribution in [2.45, 2.75) is 39.0 Å². The Balaban J connectivity index is 1.45. The zero-order valence-corrected chi connectivity index (χ0v) is 15.7. The Bertz CT molecular complexity index is 862. The van der Waals surface area contributed by atoms with Gasteiger partial charge in [-0.25, -0.2) is 4.79 Å². The van der Waals surface area contributed by atoms with E-state index >= 15 is 0 Å². The van der Waals surface area contributed by atoms with Crippen LogP contribution in [-0.2, 0) is 11.2 Å². The number of nitrogens with zero attached hydrogens (tertiary/aromatic N) is 2. The quantitative estimate of drug-likeness (QED) is 0.870. The summed E-state index contributed by atoms with van der Waals surface area (Å²) in [6.45, 7) is 4.83. The number of piperidine rings is 1. The normalized spacial score (nSPS) is 18.7. The van der Waals surface area contributed by atoms with Crippen LogP contribution in [0.2, 0.25) is 0 Å². The monoisotopic (exact) mass is 370 g/mol. The summed E-state index contributed by atoms with van der Waals surface area (Å²) in [4.78, 5) is 12.5. The third-order valence-electron chi connectivity index (χ3n) is 5.95. The molecule has 1 amide bonds. The molecule has 1 saturated heterocycles. The van der Waals surface area contributed by atoms with E-state index in [4.69, 9.17) is 14.4 Å². The Labute approximate surface area is 158 Å². The number of rotatable bonds is 4. The van der Waals surface area contributed by atoms with Gasteiger partial charge in [0, 0.05) is 24.0 Å². The average molecular weight is 370 g/mol. The highest BCUT2D eigenvalue weighted by molar-refractivity contribution is 5.87. The predicted octanol–water partition coefficient (Wildman–Crippen LogP) is 4.26. The van der Waals surface area contributed by atoms with Gasteiger partial charge in [-0.15, -0.1) is 0 Å². The molecule has 2 aromatic rings. The van der Waals surface area contributed by atoms with Crippen LogP contribution in [0.4, 0.5) is 4.79 Å². The van der Waals surface area contributed by atoms with Crippen LogP contribution in [-0.4, -0.2) is 47.6 Å². The Morgan fingerprint density at radius 1 is 1.33 bits per heavy atom. The van der Waals surface area contributed by atoms with Crippen molar-refractivity contribution in [2.75, 3.05) is 26.3 Å². The fourth-order valence-corrected chi connectivity index (χ4v) is 4.24. The van der Waals surface area contributed by atoms with Crippen LogP contribution >= 0.6 is 0 Å². The number of carboxylic acid groups (broad SMARTS) is 1. The van der Waals surface area contributed by atoms with Crippen molar-refractivity contribution in [3.05, 3.63) is 35.0 Å². The number of amides is 1. The maximum atomic E-state index is 11.0. The van der Waals surface area contributed by atoms with Gasteiger partial charge in [-0.2, -0.15) is 0 Å². The van der Waals surface area contributed by atoms with E-state index in [1.54, 1.807) is 0 Å². The molecule has 0 bridgehead atoms. The minimum absolute atomic E-state index is 0.556. The molecule has 1 aromatic heterocycles. The summed E-state index contributed by atoms with van der Waals surface area (Å²) in [7, 11) is 0. The highest BCUT2D eigenvalue weighted by Gasteiger charge is 2.23. The lowest BCUT2D eigenvalue weighted by atomic mass is 9.90. The lowest BCUT2D eigenvalue weighted by molar-refractivity contribution is 0.123. The first-order valence-corrected chi connectivity index (χ1v) is 9.76. The Hall–Kier alpha value is -2.34. The molecule has 1 N–H and O–H groups in total. The van der Waals surface area contributed by atoms with E-state index in [1.807, 2.05) is 0 Å². The Morgan fingerprint density at radius 2 is 2.15 bits per heavy atom. The second-order valence-corrected chi connectivity index (χ2v) is 7.55.